The summed E-state index contributed by atoms with van der Waals surface area (Å²) in [5.41, 5.74) is 3.13. The maximum absolute atomic E-state index is 8.70. The van der Waals surface area contributed by atoms with Crippen LogP contribution in [-0.4, -0.2) is 9.78 Å². The third-order valence-electron chi connectivity index (χ3n) is 2.92. The average molecular weight is 233 g/mol. The molecule has 0 N–H and O–H groups in total. The van der Waals surface area contributed by atoms with Crippen molar-refractivity contribution >= 4 is 10.9 Å². The zero-order valence-electron chi connectivity index (χ0n) is 9.74. The van der Waals surface area contributed by atoms with Gasteiger partial charge in [-0.05, 0) is 29.8 Å². The van der Waals surface area contributed by atoms with E-state index in [0.717, 1.165) is 22.2 Å². The Hall–Kier alpha value is -2.60. The summed E-state index contributed by atoms with van der Waals surface area (Å²) in [5.74, 6) is 0. The lowest BCUT2D eigenvalue weighted by Gasteiger charge is -2.03. The standard InChI is InChI=1S/C15H11N3/c16-9-8-12-6-7-15-13(10-12)11-17-18(15)14-4-2-1-3-5-14/h1-7,10-11H,8H2. The summed E-state index contributed by atoms with van der Waals surface area (Å²) < 4.78 is 1.91. The Balaban J connectivity index is 2.14. The maximum Gasteiger partial charge on any atom is 0.0741 e. The molecule has 0 unspecified atom stereocenters. The minimum atomic E-state index is 0.437. The molecule has 0 spiro atoms. The topological polar surface area (TPSA) is 41.6 Å². The molecule has 3 aromatic rings. The first-order chi connectivity index (χ1) is 8.88. The molecule has 0 amide bonds. The highest BCUT2D eigenvalue weighted by Gasteiger charge is 2.04. The van der Waals surface area contributed by atoms with Gasteiger partial charge in [-0.15, -0.1) is 0 Å². The summed E-state index contributed by atoms with van der Waals surface area (Å²) in [6.45, 7) is 0. The fraction of sp³-hybridized carbons (Fsp3) is 0.0667. The highest BCUT2D eigenvalue weighted by atomic mass is 15.3. The summed E-state index contributed by atoms with van der Waals surface area (Å²) in [6.07, 6.45) is 2.27. The van der Waals surface area contributed by atoms with Crippen LogP contribution in [0.15, 0.2) is 54.7 Å². The highest BCUT2D eigenvalue weighted by Crippen LogP contribution is 2.19. The van der Waals surface area contributed by atoms with Crippen molar-refractivity contribution < 1.29 is 0 Å². The van der Waals surface area contributed by atoms with E-state index < -0.39 is 0 Å². The van der Waals surface area contributed by atoms with Crippen molar-refractivity contribution in [2.75, 3.05) is 0 Å². The van der Waals surface area contributed by atoms with Gasteiger partial charge in [0.2, 0.25) is 0 Å². The van der Waals surface area contributed by atoms with E-state index in [1.54, 1.807) is 0 Å². The average Bonchev–Trinajstić information content (AvgIpc) is 2.83. The van der Waals surface area contributed by atoms with E-state index in [-0.39, 0.29) is 0 Å². The molecule has 2 aromatic carbocycles. The Labute approximate surface area is 105 Å². The number of benzene rings is 2. The van der Waals surface area contributed by atoms with Gasteiger partial charge >= 0.3 is 0 Å². The molecular formula is C15H11N3. The van der Waals surface area contributed by atoms with Gasteiger partial charge in [-0.2, -0.15) is 10.4 Å². The van der Waals surface area contributed by atoms with Crippen LogP contribution < -0.4 is 0 Å². The smallest absolute Gasteiger partial charge is 0.0741 e. The van der Waals surface area contributed by atoms with Gasteiger partial charge in [0.1, 0.15) is 0 Å². The minimum absolute atomic E-state index is 0.437. The lowest BCUT2D eigenvalue weighted by molar-refractivity contribution is 0.911. The molecule has 1 aromatic heterocycles. The van der Waals surface area contributed by atoms with Crippen LogP contribution in [0.25, 0.3) is 16.6 Å². The third-order valence-corrected chi connectivity index (χ3v) is 2.92. The second-order valence-electron chi connectivity index (χ2n) is 4.12. The predicted octanol–water partition coefficient (Wildman–Crippen LogP) is 3.09. The molecule has 0 aliphatic heterocycles. The molecule has 0 aliphatic rings. The normalized spacial score (nSPS) is 10.4. The van der Waals surface area contributed by atoms with Crippen molar-refractivity contribution in [1.29, 1.82) is 5.26 Å². The van der Waals surface area contributed by atoms with Crippen LogP contribution in [0, 0.1) is 11.3 Å². The van der Waals surface area contributed by atoms with E-state index >= 15 is 0 Å². The number of rotatable bonds is 2. The molecule has 3 heteroatoms. The van der Waals surface area contributed by atoms with Gasteiger partial charge in [-0.1, -0.05) is 24.3 Å². The van der Waals surface area contributed by atoms with Gasteiger partial charge in [-0.3, -0.25) is 0 Å². The molecule has 0 saturated carbocycles. The van der Waals surface area contributed by atoms with Gasteiger partial charge in [0, 0.05) is 5.39 Å². The number of nitriles is 1. The van der Waals surface area contributed by atoms with Crippen molar-refractivity contribution in [2.24, 2.45) is 0 Å². The van der Waals surface area contributed by atoms with Gasteiger partial charge in [0.05, 0.1) is 29.9 Å². The van der Waals surface area contributed by atoms with E-state index in [1.165, 1.54) is 0 Å². The van der Waals surface area contributed by atoms with Crippen molar-refractivity contribution in [3.63, 3.8) is 0 Å². The number of aromatic nitrogens is 2. The molecule has 18 heavy (non-hydrogen) atoms. The molecule has 0 atom stereocenters. The molecular weight excluding hydrogens is 222 g/mol. The Morgan fingerprint density at radius 1 is 1.11 bits per heavy atom. The van der Waals surface area contributed by atoms with Gasteiger partial charge in [0.15, 0.2) is 0 Å². The van der Waals surface area contributed by atoms with Crippen molar-refractivity contribution in [3.05, 3.63) is 60.3 Å². The minimum Gasteiger partial charge on any atom is -0.233 e. The van der Waals surface area contributed by atoms with Gasteiger partial charge < -0.3 is 0 Å². The summed E-state index contributed by atoms with van der Waals surface area (Å²) in [4.78, 5) is 0. The Morgan fingerprint density at radius 2 is 1.94 bits per heavy atom. The number of hydrogen-bond acceptors (Lipinski definition) is 2. The number of fused-ring (bicyclic) bond motifs is 1. The van der Waals surface area contributed by atoms with E-state index in [2.05, 4.69) is 11.2 Å². The van der Waals surface area contributed by atoms with Gasteiger partial charge in [-0.25, -0.2) is 4.68 Å². The van der Waals surface area contributed by atoms with E-state index in [0.29, 0.717) is 6.42 Å². The lowest BCUT2D eigenvalue weighted by atomic mass is 10.1. The van der Waals surface area contributed by atoms with Crippen LogP contribution in [0.5, 0.6) is 0 Å². The van der Waals surface area contributed by atoms with E-state index in [9.17, 15) is 0 Å². The van der Waals surface area contributed by atoms with Crippen LogP contribution in [0.1, 0.15) is 5.56 Å². The van der Waals surface area contributed by atoms with Crippen LogP contribution in [0.3, 0.4) is 0 Å². The van der Waals surface area contributed by atoms with Crippen molar-refractivity contribution in [2.45, 2.75) is 6.42 Å². The van der Waals surface area contributed by atoms with Crippen LogP contribution in [0.2, 0.25) is 0 Å². The summed E-state index contributed by atoms with van der Waals surface area (Å²) in [7, 11) is 0. The maximum atomic E-state index is 8.70. The summed E-state index contributed by atoms with van der Waals surface area (Å²) in [5, 5.41) is 14.2. The van der Waals surface area contributed by atoms with Crippen molar-refractivity contribution in [1.82, 2.24) is 9.78 Å². The van der Waals surface area contributed by atoms with Gasteiger partial charge in [0.25, 0.3) is 0 Å². The Kier molecular flexibility index (Phi) is 2.54. The molecule has 3 nitrogen and oxygen atoms in total. The number of para-hydroxylation sites is 1. The predicted molar refractivity (Wildman–Crippen MR) is 70.4 cm³/mol. The Morgan fingerprint density at radius 3 is 2.72 bits per heavy atom. The molecule has 0 saturated heterocycles. The first kappa shape index (κ1) is 10.5. The molecule has 86 valence electrons. The number of nitrogens with zero attached hydrogens (tertiary/aromatic N) is 3. The number of hydrogen-bond donors (Lipinski definition) is 0. The summed E-state index contributed by atoms with van der Waals surface area (Å²) in [6, 6.07) is 18.2. The monoisotopic (exact) mass is 233 g/mol. The van der Waals surface area contributed by atoms with E-state index in [4.69, 9.17) is 5.26 Å². The largest absolute Gasteiger partial charge is 0.233 e. The molecule has 3 rings (SSSR count). The second-order valence-corrected chi connectivity index (χ2v) is 4.12. The Bertz CT molecular complexity index is 720. The highest BCUT2D eigenvalue weighted by molar-refractivity contribution is 5.81. The molecule has 0 bridgehead atoms. The zero-order chi connectivity index (χ0) is 12.4. The molecule has 0 fully saturated rings. The first-order valence-corrected chi connectivity index (χ1v) is 5.77. The fourth-order valence-corrected chi connectivity index (χ4v) is 2.06. The molecule has 1 heterocycles. The second kappa shape index (κ2) is 4.34. The fourth-order valence-electron chi connectivity index (χ4n) is 2.06. The first-order valence-electron chi connectivity index (χ1n) is 5.77. The quantitative estimate of drug-likeness (QED) is 0.682. The molecule has 0 aliphatic carbocycles. The van der Waals surface area contributed by atoms with Crippen LogP contribution >= 0.6 is 0 Å². The van der Waals surface area contributed by atoms with E-state index in [1.807, 2.05) is 59.4 Å². The SMILES string of the molecule is N#CCc1ccc2c(cnn2-c2ccccc2)c1. The van der Waals surface area contributed by atoms with Crippen LogP contribution in [0.4, 0.5) is 0 Å². The third kappa shape index (κ3) is 1.74. The molecule has 0 radical (unpaired) electrons. The zero-order valence-corrected chi connectivity index (χ0v) is 9.74. The van der Waals surface area contributed by atoms with Crippen LogP contribution in [-0.2, 0) is 6.42 Å². The summed E-state index contributed by atoms with van der Waals surface area (Å²) >= 11 is 0. The van der Waals surface area contributed by atoms with Crippen molar-refractivity contribution in [3.8, 4) is 11.8 Å². The lowest BCUT2D eigenvalue weighted by Crippen LogP contribution is -1.95.